The first-order valence-corrected chi connectivity index (χ1v) is 12.9. The van der Waals surface area contributed by atoms with Gasteiger partial charge >= 0.3 is 0 Å². The first kappa shape index (κ1) is 24.9. The van der Waals surface area contributed by atoms with Crippen LogP contribution in [0, 0.1) is 5.41 Å². The number of benzene rings is 3. The molecule has 184 valence electrons. The van der Waals surface area contributed by atoms with Crippen LogP contribution in [-0.4, -0.2) is 11.7 Å². The van der Waals surface area contributed by atoms with Crippen molar-refractivity contribution < 1.29 is 9.59 Å². The summed E-state index contributed by atoms with van der Waals surface area (Å²) in [6.07, 6.45) is 1.21. The van der Waals surface area contributed by atoms with Crippen molar-refractivity contribution in [3.63, 3.8) is 0 Å². The van der Waals surface area contributed by atoms with E-state index in [1.165, 1.54) is 0 Å². The predicted molar refractivity (Wildman–Crippen MR) is 147 cm³/mol. The minimum Gasteiger partial charge on any atom is -0.357 e. The van der Waals surface area contributed by atoms with Gasteiger partial charge in [0.15, 0.2) is 5.78 Å². The van der Waals surface area contributed by atoms with E-state index in [4.69, 9.17) is 34.8 Å². The number of amides is 1. The normalized spacial score (nSPS) is 18.8. The number of anilines is 2. The molecule has 0 fully saturated rings. The smallest absolute Gasteiger partial charge is 0.232 e. The molecule has 5 rings (SSSR count). The molecule has 1 aliphatic heterocycles. The van der Waals surface area contributed by atoms with Crippen LogP contribution in [0.2, 0.25) is 15.1 Å². The molecule has 4 nitrogen and oxygen atoms in total. The monoisotopic (exact) mass is 538 g/mol. The van der Waals surface area contributed by atoms with Crippen molar-refractivity contribution >= 4 is 57.9 Å². The average Bonchev–Trinajstić information content (AvgIpc) is 2.96. The molecule has 1 atom stereocenters. The highest BCUT2D eigenvalue weighted by molar-refractivity contribution is 6.42. The number of fused-ring (bicyclic) bond motifs is 1. The van der Waals surface area contributed by atoms with Crippen LogP contribution in [0.3, 0.4) is 0 Å². The van der Waals surface area contributed by atoms with Gasteiger partial charge in [0.25, 0.3) is 0 Å². The van der Waals surface area contributed by atoms with Crippen LogP contribution in [-0.2, 0) is 16.0 Å². The molecule has 1 amide bonds. The lowest BCUT2D eigenvalue weighted by molar-refractivity contribution is -0.119. The molecule has 2 aliphatic rings. The molecule has 0 bridgehead atoms. The summed E-state index contributed by atoms with van der Waals surface area (Å²) in [7, 11) is 0. The Morgan fingerprint density at radius 3 is 2.42 bits per heavy atom. The number of nitrogens with zero attached hydrogens (tertiary/aromatic N) is 1. The Hall–Kier alpha value is -2.79. The number of carbonyl (C=O) groups is 2. The number of Topliss-reactive ketones (excluding diaryl/α,β-unsaturated/α-hetero) is 1. The molecule has 1 N–H and O–H groups in total. The molecule has 1 heterocycles. The number of carbonyl (C=O) groups excluding carboxylic acids is 2. The van der Waals surface area contributed by atoms with E-state index in [2.05, 4.69) is 19.2 Å². The number of nitrogens with one attached hydrogen (secondary N) is 1. The zero-order valence-electron chi connectivity index (χ0n) is 19.9. The van der Waals surface area contributed by atoms with E-state index >= 15 is 0 Å². The fourth-order valence-electron chi connectivity index (χ4n) is 5.12. The lowest BCUT2D eigenvalue weighted by Gasteiger charge is -2.37. The standard InChI is InChI=1S/C29H25Cl3N2O2/c1-29(2)15-23-27(25(35)16-29)28(18-9-12-20(31)21(32)14-18)34(24-6-4-3-5-22(24)33-23)26(36)13-17-7-10-19(30)11-8-17/h3-12,14,28,33H,13,15-16H2,1-2H3/t28-/m1/s1. The molecule has 0 saturated carbocycles. The fourth-order valence-corrected chi connectivity index (χ4v) is 5.55. The highest BCUT2D eigenvalue weighted by Gasteiger charge is 2.43. The SMILES string of the molecule is CC1(C)CC(=O)C2=C(C1)Nc1ccccc1N(C(=O)Cc1ccc(Cl)cc1)[C@@H]2c1ccc(Cl)c(Cl)c1. The van der Waals surface area contributed by atoms with Gasteiger partial charge in [-0.05, 0) is 59.4 Å². The molecule has 0 spiro atoms. The van der Waals surface area contributed by atoms with Crippen molar-refractivity contribution in [2.75, 3.05) is 10.2 Å². The zero-order chi connectivity index (χ0) is 25.6. The van der Waals surface area contributed by atoms with E-state index in [1.54, 1.807) is 29.2 Å². The van der Waals surface area contributed by atoms with Gasteiger partial charge in [0.2, 0.25) is 5.91 Å². The Labute approximate surface area is 225 Å². The van der Waals surface area contributed by atoms with E-state index in [1.807, 2.05) is 42.5 Å². The molecule has 0 radical (unpaired) electrons. The minimum atomic E-state index is -0.658. The van der Waals surface area contributed by atoms with Crippen LogP contribution >= 0.6 is 34.8 Å². The van der Waals surface area contributed by atoms with Gasteiger partial charge in [-0.2, -0.15) is 0 Å². The lowest BCUT2D eigenvalue weighted by Crippen LogP contribution is -2.40. The van der Waals surface area contributed by atoms with Gasteiger partial charge in [0.05, 0.1) is 33.9 Å². The number of para-hydroxylation sites is 2. The number of ketones is 1. The molecule has 36 heavy (non-hydrogen) atoms. The average molecular weight is 540 g/mol. The summed E-state index contributed by atoms with van der Waals surface area (Å²) in [6, 6.07) is 19.5. The highest BCUT2D eigenvalue weighted by Crippen LogP contribution is 2.49. The van der Waals surface area contributed by atoms with Crippen molar-refractivity contribution in [2.45, 2.75) is 39.2 Å². The Bertz CT molecular complexity index is 1400. The second kappa shape index (κ2) is 9.59. The molecule has 3 aromatic carbocycles. The third-order valence-corrected chi connectivity index (χ3v) is 7.69. The topological polar surface area (TPSA) is 49.4 Å². The van der Waals surface area contributed by atoms with Gasteiger partial charge in [-0.15, -0.1) is 0 Å². The van der Waals surface area contributed by atoms with E-state index in [0.29, 0.717) is 39.2 Å². The van der Waals surface area contributed by atoms with Crippen LogP contribution < -0.4 is 10.2 Å². The van der Waals surface area contributed by atoms with Crippen molar-refractivity contribution in [1.82, 2.24) is 0 Å². The molecular formula is C29H25Cl3N2O2. The Balaban J connectivity index is 1.72. The van der Waals surface area contributed by atoms with E-state index in [9.17, 15) is 9.59 Å². The first-order chi connectivity index (χ1) is 17.1. The number of hydrogen-bond acceptors (Lipinski definition) is 3. The summed E-state index contributed by atoms with van der Waals surface area (Å²) in [5.74, 6) is -0.129. The maximum absolute atomic E-state index is 14.1. The van der Waals surface area contributed by atoms with Crippen LogP contribution in [0.25, 0.3) is 0 Å². The van der Waals surface area contributed by atoms with Gasteiger partial charge in [0.1, 0.15) is 0 Å². The van der Waals surface area contributed by atoms with Crippen molar-refractivity contribution in [1.29, 1.82) is 0 Å². The summed E-state index contributed by atoms with van der Waals surface area (Å²) in [5.41, 5.74) is 4.26. The maximum Gasteiger partial charge on any atom is 0.232 e. The molecule has 0 saturated heterocycles. The predicted octanol–water partition coefficient (Wildman–Crippen LogP) is 8.03. The van der Waals surface area contributed by atoms with E-state index < -0.39 is 6.04 Å². The Morgan fingerprint density at radius 1 is 0.972 bits per heavy atom. The van der Waals surface area contributed by atoms with E-state index in [0.717, 1.165) is 22.5 Å². The number of allylic oxidation sites excluding steroid dienone is 1. The van der Waals surface area contributed by atoms with Crippen LogP contribution in [0.4, 0.5) is 11.4 Å². The summed E-state index contributed by atoms with van der Waals surface area (Å²) in [6.45, 7) is 4.18. The molecule has 7 heteroatoms. The number of hydrogen-bond donors (Lipinski definition) is 1. The summed E-state index contributed by atoms with van der Waals surface area (Å²) in [5, 5.41) is 4.91. The van der Waals surface area contributed by atoms with Crippen LogP contribution in [0.1, 0.15) is 43.9 Å². The second-order valence-electron chi connectivity index (χ2n) is 10.1. The van der Waals surface area contributed by atoms with Gasteiger partial charge in [-0.25, -0.2) is 0 Å². The fraction of sp³-hybridized carbons (Fsp3) is 0.241. The highest BCUT2D eigenvalue weighted by atomic mass is 35.5. The second-order valence-corrected chi connectivity index (χ2v) is 11.4. The third-order valence-electron chi connectivity index (χ3n) is 6.70. The quantitative estimate of drug-likeness (QED) is 0.366. The van der Waals surface area contributed by atoms with Crippen molar-refractivity contribution in [3.05, 3.63) is 104 Å². The third kappa shape index (κ3) is 4.78. The van der Waals surface area contributed by atoms with Gasteiger partial charge < -0.3 is 5.32 Å². The summed E-state index contributed by atoms with van der Waals surface area (Å²) < 4.78 is 0. The maximum atomic E-state index is 14.1. The largest absolute Gasteiger partial charge is 0.357 e. The molecule has 0 unspecified atom stereocenters. The minimum absolute atomic E-state index is 0.0157. The molecular weight excluding hydrogens is 515 g/mol. The van der Waals surface area contributed by atoms with Gasteiger partial charge in [-0.1, -0.05) is 79.0 Å². The molecule has 1 aliphatic carbocycles. The first-order valence-electron chi connectivity index (χ1n) is 11.8. The van der Waals surface area contributed by atoms with Crippen molar-refractivity contribution in [2.24, 2.45) is 5.41 Å². The van der Waals surface area contributed by atoms with E-state index in [-0.39, 0.29) is 23.5 Å². The lowest BCUT2D eigenvalue weighted by atomic mass is 9.73. The van der Waals surface area contributed by atoms with Gasteiger partial charge in [-0.3, -0.25) is 14.5 Å². The number of halogens is 3. The molecule has 3 aromatic rings. The zero-order valence-corrected chi connectivity index (χ0v) is 22.2. The number of rotatable bonds is 3. The van der Waals surface area contributed by atoms with Crippen LogP contribution in [0.5, 0.6) is 0 Å². The van der Waals surface area contributed by atoms with Gasteiger partial charge in [0, 0.05) is 22.7 Å². The summed E-state index contributed by atoms with van der Waals surface area (Å²) in [4.78, 5) is 29.6. The van der Waals surface area contributed by atoms with Crippen LogP contribution in [0.15, 0.2) is 78.0 Å². The Kier molecular flexibility index (Phi) is 6.63. The van der Waals surface area contributed by atoms with Crippen molar-refractivity contribution in [3.8, 4) is 0 Å². The molecule has 0 aromatic heterocycles. The Morgan fingerprint density at radius 2 is 1.69 bits per heavy atom. The summed E-state index contributed by atoms with van der Waals surface area (Å²) >= 11 is 18.7.